The van der Waals surface area contributed by atoms with Crippen LogP contribution in [-0.2, 0) is 6.54 Å². The van der Waals surface area contributed by atoms with E-state index in [1.54, 1.807) is 25.3 Å². The number of fused-ring (bicyclic) bond motifs is 1. The van der Waals surface area contributed by atoms with Crippen LogP contribution in [0.2, 0.25) is 0 Å². The Kier molecular flexibility index (Phi) is 3.46. The molecule has 19 heavy (non-hydrogen) atoms. The van der Waals surface area contributed by atoms with Gasteiger partial charge in [0.1, 0.15) is 0 Å². The number of nitro groups is 1. The molecule has 2 aromatic rings. The zero-order valence-corrected chi connectivity index (χ0v) is 10.8. The molecule has 0 atom stereocenters. The summed E-state index contributed by atoms with van der Waals surface area (Å²) in [5.74, 6) is -0.139. The molecule has 98 valence electrons. The highest BCUT2D eigenvalue weighted by atomic mass is 16.6. The number of rotatable bonds is 4. The van der Waals surface area contributed by atoms with E-state index in [2.05, 4.69) is 0 Å². The Morgan fingerprint density at radius 2 is 2.21 bits per heavy atom. The molecule has 0 saturated carbocycles. The summed E-state index contributed by atoms with van der Waals surface area (Å²) in [4.78, 5) is 22.4. The highest BCUT2D eigenvalue weighted by molar-refractivity contribution is 6.13. The normalized spacial score (nSPS) is 11.3. The minimum Gasteiger partial charge on any atom is -0.347 e. The van der Waals surface area contributed by atoms with Gasteiger partial charge in [-0.3, -0.25) is 14.9 Å². The molecule has 5 nitrogen and oxygen atoms in total. The fourth-order valence-electron chi connectivity index (χ4n) is 2.10. The molecule has 1 heterocycles. The average molecular weight is 258 g/mol. The predicted octanol–water partition coefficient (Wildman–Crippen LogP) is 3.33. The van der Waals surface area contributed by atoms with Crippen LogP contribution in [0.3, 0.4) is 0 Å². The molecule has 1 aromatic heterocycles. The van der Waals surface area contributed by atoms with Gasteiger partial charge in [0.25, 0.3) is 5.69 Å². The number of carbonyl (C=O) groups is 1. The Bertz CT molecular complexity index is 683. The first-order valence-corrected chi connectivity index (χ1v) is 6.02. The summed E-state index contributed by atoms with van der Waals surface area (Å²) >= 11 is 0. The molecule has 2 rings (SSSR count). The number of hydrogen-bond acceptors (Lipinski definition) is 3. The zero-order valence-electron chi connectivity index (χ0n) is 10.8. The fraction of sp³-hybridized carbons (Fsp3) is 0.214. The van der Waals surface area contributed by atoms with E-state index in [9.17, 15) is 14.9 Å². The van der Waals surface area contributed by atoms with Gasteiger partial charge in [0, 0.05) is 41.3 Å². The van der Waals surface area contributed by atoms with Crippen molar-refractivity contribution >= 4 is 22.4 Å². The molecular formula is C14H14N2O3. The SMILES string of the molecule is C/C=C/C(=O)c1cn(CC)c2ccc([N+](=O)[O-])cc12. The zero-order chi connectivity index (χ0) is 14.0. The molecular weight excluding hydrogens is 244 g/mol. The Labute approximate surface area is 110 Å². The van der Waals surface area contributed by atoms with Crippen LogP contribution in [0.1, 0.15) is 24.2 Å². The Morgan fingerprint density at radius 1 is 1.47 bits per heavy atom. The Hall–Kier alpha value is -2.43. The molecule has 0 saturated heterocycles. The summed E-state index contributed by atoms with van der Waals surface area (Å²) in [6.07, 6.45) is 4.87. The van der Waals surface area contributed by atoms with Crippen molar-refractivity contribution in [2.75, 3.05) is 0 Å². The first-order valence-electron chi connectivity index (χ1n) is 6.02. The molecule has 0 aliphatic heterocycles. The monoisotopic (exact) mass is 258 g/mol. The lowest BCUT2D eigenvalue weighted by molar-refractivity contribution is -0.384. The number of ketones is 1. The minimum absolute atomic E-state index is 0.00381. The molecule has 0 amide bonds. The van der Waals surface area contributed by atoms with Gasteiger partial charge in [0.2, 0.25) is 0 Å². The molecule has 1 aromatic carbocycles. The van der Waals surface area contributed by atoms with E-state index >= 15 is 0 Å². The van der Waals surface area contributed by atoms with Gasteiger partial charge >= 0.3 is 0 Å². The van der Waals surface area contributed by atoms with Gasteiger partial charge in [-0.25, -0.2) is 0 Å². The van der Waals surface area contributed by atoms with Crippen molar-refractivity contribution in [3.63, 3.8) is 0 Å². The minimum atomic E-state index is -0.452. The summed E-state index contributed by atoms with van der Waals surface area (Å²) in [6.45, 7) is 4.43. The molecule has 0 unspecified atom stereocenters. The predicted molar refractivity (Wildman–Crippen MR) is 73.4 cm³/mol. The van der Waals surface area contributed by atoms with Gasteiger partial charge in [-0.05, 0) is 26.0 Å². The summed E-state index contributed by atoms with van der Waals surface area (Å²) in [5, 5.41) is 11.5. The van der Waals surface area contributed by atoms with Gasteiger partial charge in [0.15, 0.2) is 5.78 Å². The van der Waals surface area contributed by atoms with Crippen molar-refractivity contribution in [3.05, 3.63) is 52.2 Å². The van der Waals surface area contributed by atoms with Crippen LogP contribution >= 0.6 is 0 Å². The standard InChI is InChI=1S/C14H14N2O3/c1-3-5-14(17)12-9-15(4-2)13-7-6-10(16(18)19)8-11(12)13/h3,5-9H,4H2,1-2H3/b5-3+. The number of allylic oxidation sites excluding steroid dienone is 2. The quantitative estimate of drug-likeness (QED) is 0.365. The van der Waals surface area contributed by atoms with Crippen molar-refractivity contribution in [3.8, 4) is 0 Å². The van der Waals surface area contributed by atoms with Gasteiger partial charge in [-0.2, -0.15) is 0 Å². The number of carbonyl (C=O) groups excluding carboxylic acids is 1. The van der Waals surface area contributed by atoms with Crippen LogP contribution in [0.5, 0.6) is 0 Å². The van der Waals surface area contributed by atoms with Gasteiger partial charge in [-0.1, -0.05) is 6.08 Å². The molecule has 0 fully saturated rings. The molecule has 5 heteroatoms. The maximum atomic E-state index is 12.0. The third kappa shape index (κ3) is 2.27. The molecule has 0 spiro atoms. The molecule has 0 N–H and O–H groups in total. The molecule has 0 radical (unpaired) electrons. The third-order valence-electron chi connectivity index (χ3n) is 3.00. The van der Waals surface area contributed by atoms with E-state index in [-0.39, 0.29) is 11.5 Å². The Balaban J connectivity index is 2.72. The smallest absolute Gasteiger partial charge is 0.270 e. The average Bonchev–Trinajstić information content (AvgIpc) is 2.76. The lowest BCUT2D eigenvalue weighted by Gasteiger charge is -1.99. The molecule has 0 aliphatic carbocycles. The molecule has 0 aliphatic rings. The van der Waals surface area contributed by atoms with Gasteiger partial charge in [-0.15, -0.1) is 0 Å². The number of aromatic nitrogens is 1. The fourth-order valence-corrected chi connectivity index (χ4v) is 2.10. The lowest BCUT2D eigenvalue weighted by Crippen LogP contribution is -1.93. The van der Waals surface area contributed by atoms with E-state index in [1.165, 1.54) is 18.2 Å². The number of hydrogen-bond donors (Lipinski definition) is 0. The number of non-ortho nitro benzene ring substituents is 1. The second-order valence-corrected chi connectivity index (χ2v) is 4.15. The van der Waals surface area contributed by atoms with E-state index in [0.29, 0.717) is 17.5 Å². The van der Waals surface area contributed by atoms with E-state index in [1.807, 2.05) is 11.5 Å². The Morgan fingerprint density at radius 3 is 2.79 bits per heavy atom. The van der Waals surface area contributed by atoms with Crippen molar-refractivity contribution in [2.45, 2.75) is 20.4 Å². The van der Waals surface area contributed by atoms with Crippen LogP contribution in [0.4, 0.5) is 5.69 Å². The number of nitrogens with zero attached hydrogens (tertiary/aromatic N) is 2. The van der Waals surface area contributed by atoms with Crippen molar-refractivity contribution in [1.29, 1.82) is 0 Å². The van der Waals surface area contributed by atoms with Crippen molar-refractivity contribution in [1.82, 2.24) is 4.57 Å². The second kappa shape index (κ2) is 5.06. The van der Waals surface area contributed by atoms with Crippen molar-refractivity contribution in [2.24, 2.45) is 0 Å². The third-order valence-corrected chi connectivity index (χ3v) is 3.00. The topological polar surface area (TPSA) is 65.1 Å². The van der Waals surface area contributed by atoms with Crippen LogP contribution in [0.25, 0.3) is 10.9 Å². The van der Waals surface area contributed by atoms with E-state index in [0.717, 1.165) is 5.52 Å². The van der Waals surface area contributed by atoms with E-state index in [4.69, 9.17) is 0 Å². The number of aryl methyl sites for hydroxylation is 1. The van der Waals surface area contributed by atoms with Crippen LogP contribution < -0.4 is 0 Å². The van der Waals surface area contributed by atoms with Crippen LogP contribution in [0.15, 0.2) is 36.5 Å². The second-order valence-electron chi connectivity index (χ2n) is 4.15. The summed E-state index contributed by atoms with van der Waals surface area (Å²) in [6, 6.07) is 4.60. The number of nitro benzene ring substituents is 1. The first kappa shape index (κ1) is 13.0. The highest BCUT2D eigenvalue weighted by Crippen LogP contribution is 2.26. The largest absolute Gasteiger partial charge is 0.347 e. The van der Waals surface area contributed by atoms with Crippen molar-refractivity contribution < 1.29 is 9.72 Å². The first-order chi connectivity index (χ1) is 9.08. The maximum absolute atomic E-state index is 12.0. The highest BCUT2D eigenvalue weighted by Gasteiger charge is 2.16. The van der Waals surface area contributed by atoms with Crippen LogP contribution in [-0.4, -0.2) is 15.3 Å². The summed E-state index contributed by atoms with van der Waals surface area (Å²) < 4.78 is 1.91. The van der Waals surface area contributed by atoms with E-state index < -0.39 is 4.92 Å². The van der Waals surface area contributed by atoms with Gasteiger partial charge in [0.05, 0.1) is 4.92 Å². The van der Waals surface area contributed by atoms with Crippen LogP contribution in [0, 0.1) is 10.1 Å². The van der Waals surface area contributed by atoms with Gasteiger partial charge < -0.3 is 4.57 Å². The summed E-state index contributed by atoms with van der Waals surface area (Å²) in [5.41, 5.74) is 1.33. The number of benzene rings is 1. The summed E-state index contributed by atoms with van der Waals surface area (Å²) in [7, 11) is 0. The maximum Gasteiger partial charge on any atom is 0.270 e. The molecule has 0 bridgehead atoms. The lowest BCUT2D eigenvalue weighted by atomic mass is 10.1.